The molecule has 0 aliphatic heterocycles. The monoisotopic (exact) mass is 242 g/mol. The number of para-hydroxylation sites is 1. The first-order valence-electron chi connectivity index (χ1n) is 7.05. The van der Waals surface area contributed by atoms with Gasteiger partial charge in [0.25, 0.3) is 0 Å². The molecule has 0 aromatic heterocycles. The zero-order valence-electron chi connectivity index (χ0n) is 11.3. The number of aryl methyl sites for hydroxylation is 1. The summed E-state index contributed by atoms with van der Waals surface area (Å²) >= 11 is 0. The normalized spacial score (nSPS) is 28.4. The Labute approximate surface area is 110 Å². The van der Waals surface area contributed by atoms with E-state index in [1.165, 1.54) is 12.8 Å². The Hall–Kier alpha value is -1.24. The predicted octanol–water partition coefficient (Wildman–Crippen LogP) is 4.32. The lowest BCUT2D eigenvalue weighted by Crippen LogP contribution is -2.48. The van der Waals surface area contributed by atoms with Gasteiger partial charge in [0.1, 0.15) is 5.75 Å². The summed E-state index contributed by atoms with van der Waals surface area (Å²) < 4.78 is 0. The minimum absolute atomic E-state index is 0.444. The molecule has 1 heteroatoms. The van der Waals surface area contributed by atoms with Gasteiger partial charge in [-0.15, -0.1) is 0 Å². The van der Waals surface area contributed by atoms with Gasteiger partial charge >= 0.3 is 0 Å². The molecular weight excluding hydrogens is 220 g/mol. The van der Waals surface area contributed by atoms with Crippen molar-refractivity contribution in [1.29, 1.82) is 0 Å². The molecule has 0 heterocycles. The Morgan fingerprint density at radius 3 is 2.67 bits per heavy atom. The number of allylic oxidation sites excluding steroid dienone is 2. The van der Waals surface area contributed by atoms with Crippen molar-refractivity contribution in [3.63, 3.8) is 0 Å². The maximum absolute atomic E-state index is 9.80. The van der Waals surface area contributed by atoms with Crippen LogP contribution in [0.5, 0.6) is 5.75 Å². The van der Waals surface area contributed by atoms with E-state index in [1.54, 1.807) is 11.6 Å². The Morgan fingerprint density at radius 1 is 1.22 bits per heavy atom. The van der Waals surface area contributed by atoms with E-state index in [4.69, 9.17) is 0 Å². The highest BCUT2D eigenvalue weighted by atomic mass is 16.3. The number of hydrogen-bond donors (Lipinski definition) is 1. The fourth-order valence-corrected chi connectivity index (χ4v) is 3.76. The van der Waals surface area contributed by atoms with Crippen LogP contribution in [0.25, 0.3) is 0 Å². The molecule has 0 saturated heterocycles. The molecule has 1 aromatic rings. The van der Waals surface area contributed by atoms with Crippen molar-refractivity contribution in [1.82, 2.24) is 0 Å². The van der Waals surface area contributed by atoms with Crippen molar-refractivity contribution in [2.45, 2.75) is 39.5 Å². The van der Waals surface area contributed by atoms with E-state index in [-0.39, 0.29) is 0 Å². The minimum Gasteiger partial charge on any atom is -0.508 e. The lowest BCUT2D eigenvalue weighted by atomic mass is 9.48. The quantitative estimate of drug-likeness (QED) is 0.783. The molecule has 2 bridgehead atoms. The van der Waals surface area contributed by atoms with E-state index < -0.39 is 0 Å². The van der Waals surface area contributed by atoms with E-state index >= 15 is 0 Å². The van der Waals surface area contributed by atoms with Gasteiger partial charge in [0.05, 0.1) is 0 Å². The van der Waals surface area contributed by atoms with Gasteiger partial charge in [-0.3, -0.25) is 0 Å². The van der Waals surface area contributed by atoms with E-state index in [1.807, 2.05) is 18.2 Å². The molecule has 2 unspecified atom stereocenters. The molecule has 0 spiro atoms. The predicted molar refractivity (Wildman–Crippen MR) is 74.5 cm³/mol. The van der Waals surface area contributed by atoms with Crippen LogP contribution in [0, 0.1) is 17.3 Å². The highest BCUT2D eigenvalue weighted by molar-refractivity contribution is 5.33. The lowest BCUT2D eigenvalue weighted by molar-refractivity contribution is -0.00817. The Morgan fingerprint density at radius 2 is 2.00 bits per heavy atom. The van der Waals surface area contributed by atoms with Crippen LogP contribution < -0.4 is 0 Å². The summed E-state index contributed by atoms with van der Waals surface area (Å²) in [5, 5.41) is 9.80. The Bertz CT molecular complexity index is 484. The number of phenols is 1. The van der Waals surface area contributed by atoms with Gasteiger partial charge in [-0.05, 0) is 54.6 Å². The fourth-order valence-electron chi connectivity index (χ4n) is 3.76. The standard InChI is InChI=1S/C17H22O/c1-17(2)14-10-9-12(15(17)11-14)7-8-13-5-3-4-6-16(13)18/h3-6,9,14-15,18H,7-8,10-11H2,1-2H3. The number of hydrogen-bond acceptors (Lipinski definition) is 1. The summed E-state index contributed by atoms with van der Waals surface area (Å²) in [4.78, 5) is 0. The lowest BCUT2D eigenvalue weighted by Gasteiger charge is -2.56. The number of fused-ring (bicyclic) bond motifs is 1. The molecule has 1 saturated carbocycles. The van der Waals surface area contributed by atoms with Gasteiger partial charge in [0.15, 0.2) is 0 Å². The van der Waals surface area contributed by atoms with Crippen molar-refractivity contribution in [3.05, 3.63) is 41.5 Å². The second-order valence-electron chi connectivity index (χ2n) is 6.45. The summed E-state index contributed by atoms with van der Waals surface area (Å²) in [5.74, 6) is 2.15. The summed E-state index contributed by atoms with van der Waals surface area (Å²) in [6, 6.07) is 7.72. The first-order valence-corrected chi connectivity index (χ1v) is 7.05. The number of aromatic hydroxyl groups is 1. The topological polar surface area (TPSA) is 20.2 Å². The Balaban J connectivity index is 1.68. The van der Waals surface area contributed by atoms with E-state index in [9.17, 15) is 5.11 Å². The second kappa shape index (κ2) is 4.15. The summed E-state index contributed by atoms with van der Waals surface area (Å²) in [7, 11) is 0. The molecule has 4 rings (SSSR count). The maximum Gasteiger partial charge on any atom is 0.118 e. The number of rotatable bonds is 3. The van der Waals surface area contributed by atoms with Gasteiger partial charge in [-0.1, -0.05) is 43.7 Å². The number of benzene rings is 1. The first-order chi connectivity index (χ1) is 8.59. The fraction of sp³-hybridized carbons (Fsp3) is 0.529. The molecule has 2 atom stereocenters. The molecule has 1 fully saturated rings. The van der Waals surface area contributed by atoms with Crippen LogP contribution in [0.4, 0.5) is 0 Å². The molecule has 3 aliphatic rings. The van der Waals surface area contributed by atoms with Gasteiger partial charge < -0.3 is 5.11 Å². The van der Waals surface area contributed by atoms with Crippen molar-refractivity contribution in [2.75, 3.05) is 0 Å². The van der Waals surface area contributed by atoms with Crippen molar-refractivity contribution < 1.29 is 5.11 Å². The summed E-state index contributed by atoms with van der Waals surface area (Å²) in [5.41, 5.74) is 3.23. The SMILES string of the molecule is CC1(C)C2CC=C(CCc3ccccc3O)C1C2. The van der Waals surface area contributed by atoms with Crippen LogP contribution in [0.3, 0.4) is 0 Å². The average Bonchev–Trinajstić information content (AvgIpc) is 2.38. The average molecular weight is 242 g/mol. The van der Waals surface area contributed by atoms with Crippen LogP contribution in [-0.4, -0.2) is 5.11 Å². The largest absolute Gasteiger partial charge is 0.508 e. The molecular formula is C17H22O. The van der Waals surface area contributed by atoms with Crippen LogP contribution >= 0.6 is 0 Å². The van der Waals surface area contributed by atoms with E-state index in [0.29, 0.717) is 11.2 Å². The molecule has 1 N–H and O–H groups in total. The third kappa shape index (κ3) is 1.77. The van der Waals surface area contributed by atoms with Crippen molar-refractivity contribution >= 4 is 0 Å². The van der Waals surface area contributed by atoms with Crippen molar-refractivity contribution in [3.8, 4) is 5.75 Å². The maximum atomic E-state index is 9.80. The molecule has 0 radical (unpaired) electrons. The minimum atomic E-state index is 0.444. The third-order valence-electron chi connectivity index (χ3n) is 5.26. The zero-order chi connectivity index (χ0) is 12.8. The first kappa shape index (κ1) is 11.8. The zero-order valence-corrected chi connectivity index (χ0v) is 11.3. The molecule has 96 valence electrons. The smallest absolute Gasteiger partial charge is 0.118 e. The van der Waals surface area contributed by atoms with E-state index in [0.717, 1.165) is 30.2 Å². The third-order valence-corrected chi connectivity index (χ3v) is 5.26. The highest BCUT2D eigenvalue weighted by Crippen LogP contribution is 2.59. The van der Waals surface area contributed by atoms with E-state index in [2.05, 4.69) is 19.9 Å². The van der Waals surface area contributed by atoms with Crippen LogP contribution in [0.15, 0.2) is 35.9 Å². The molecule has 1 aromatic carbocycles. The summed E-state index contributed by atoms with van der Waals surface area (Å²) in [6.07, 6.45) is 7.19. The molecule has 3 aliphatic carbocycles. The molecule has 0 amide bonds. The molecule has 1 nitrogen and oxygen atoms in total. The second-order valence-corrected chi connectivity index (χ2v) is 6.45. The summed E-state index contributed by atoms with van der Waals surface area (Å²) in [6.45, 7) is 4.83. The van der Waals surface area contributed by atoms with Gasteiger partial charge in [0, 0.05) is 0 Å². The number of phenolic OH excluding ortho intramolecular Hbond substituents is 1. The Kier molecular flexibility index (Phi) is 2.73. The highest BCUT2D eigenvalue weighted by Gasteiger charge is 2.50. The van der Waals surface area contributed by atoms with Gasteiger partial charge in [-0.2, -0.15) is 0 Å². The van der Waals surface area contributed by atoms with Crippen LogP contribution in [0.2, 0.25) is 0 Å². The van der Waals surface area contributed by atoms with Gasteiger partial charge in [-0.25, -0.2) is 0 Å². The van der Waals surface area contributed by atoms with Crippen LogP contribution in [-0.2, 0) is 6.42 Å². The van der Waals surface area contributed by atoms with Crippen molar-refractivity contribution in [2.24, 2.45) is 17.3 Å². The molecule has 18 heavy (non-hydrogen) atoms. The van der Waals surface area contributed by atoms with Gasteiger partial charge in [0.2, 0.25) is 0 Å². The van der Waals surface area contributed by atoms with Crippen LogP contribution in [0.1, 0.15) is 38.7 Å².